The monoisotopic (exact) mass is 496 g/mol. The lowest BCUT2D eigenvalue weighted by molar-refractivity contribution is -0.138. The van der Waals surface area contributed by atoms with Crippen molar-refractivity contribution in [2.24, 2.45) is 5.92 Å². The van der Waals surface area contributed by atoms with E-state index in [0.29, 0.717) is 32.0 Å². The third-order valence-corrected chi connectivity index (χ3v) is 6.88. The fraction of sp³-hybridized carbons (Fsp3) is 0.385. The average Bonchev–Trinajstić information content (AvgIpc) is 2.93. The lowest BCUT2D eigenvalue weighted by Gasteiger charge is -2.39. The molecule has 2 aliphatic rings. The van der Waals surface area contributed by atoms with Crippen molar-refractivity contribution in [3.63, 3.8) is 0 Å². The topological polar surface area (TPSA) is 65.5 Å². The standard InChI is InChI=1S/C26H27F3N6O/c27-26(28,29)21-6-7-23(30-17-21)34-12-14-35(15-13-34)25(36)20-8-10-33(11-9-20)24-16-22(31-18-32-24)19-4-2-1-3-5-19/h1-7,16-18,20H,8-15H2. The minimum Gasteiger partial charge on any atom is -0.356 e. The van der Waals surface area contributed by atoms with E-state index in [2.05, 4.69) is 19.9 Å². The van der Waals surface area contributed by atoms with Gasteiger partial charge in [0.2, 0.25) is 5.91 Å². The SMILES string of the molecule is O=C(C1CCN(c2cc(-c3ccccc3)ncn2)CC1)N1CCN(c2ccc(C(F)(F)F)cn2)CC1. The van der Waals surface area contributed by atoms with E-state index in [1.807, 2.05) is 46.2 Å². The summed E-state index contributed by atoms with van der Waals surface area (Å²) >= 11 is 0. The summed E-state index contributed by atoms with van der Waals surface area (Å²) in [6, 6.07) is 14.4. The van der Waals surface area contributed by atoms with Gasteiger partial charge in [-0.15, -0.1) is 0 Å². The van der Waals surface area contributed by atoms with Crippen molar-refractivity contribution in [2.75, 3.05) is 49.1 Å². The van der Waals surface area contributed by atoms with Crippen molar-refractivity contribution < 1.29 is 18.0 Å². The third kappa shape index (κ3) is 5.27. The van der Waals surface area contributed by atoms with Gasteiger partial charge in [-0.3, -0.25) is 4.79 Å². The van der Waals surface area contributed by atoms with Crippen LogP contribution in [-0.4, -0.2) is 65.0 Å². The van der Waals surface area contributed by atoms with Gasteiger partial charge in [-0.05, 0) is 25.0 Å². The van der Waals surface area contributed by atoms with Crippen LogP contribution in [-0.2, 0) is 11.0 Å². The fourth-order valence-electron chi connectivity index (χ4n) is 4.80. The smallest absolute Gasteiger partial charge is 0.356 e. The number of hydrogen-bond donors (Lipinski definition) is 0. The second kappa shape index (κ2) is 10.1. The van der Waals surface area contributed by atoms with E-state index in [9.17, 15) is 18.0 Å². The van der Waals surface area contributed by atoms with E-state index in [0.717, 1.165) is 55.3 Å². The number of piperidine rings is 1. The maximum Gasteiger partial charge on any atom is 0.417 e. The molecule has 0 atom stereocenters. The number of rotatable bonds is 4. The summed E-state index contributed by atoms with van der Waals surface area (Å²) in [4.78, 5) is 32.0. The Bertz CT molecular complexity index is 1170. The zero-order valence-electron chi connectivity index (χ0n) is 19.7. The highest BCUT2D eigenvalue weighted by molar-refractivity contribution is 5.79. The normalized spacial score (nSPS) is 17.4. The lowest BCUT2D eigenvalue weighted by Crippen LogP contribution is -2.52. The highest BCUT2D eigenvalue weighted by Crippen LogP contribution is 2.30. The first-order valence-corrected chi connectivity index (χ1v) is 12.1. The molecule has 2 aromatic heterocycles. The van der Waals surface area contributed by atoms with E-state index in [1.165, 1.54) is 6.07 Å². The van der Waals surface area contributed by atoms with E-state index in [1.54, 1.807) is 6.33 Å². The molecule has 3 aromatic rings. The molecule has 0 N–H and O–H groups in total. The molecule has 4 heterocycles. The molecule has 0 aliphatic carbocycles. The number of amides is 1. The molecule has 1 amide bonds. The predicted octanol–water partition coefficient (Wildman–Crippen LogP) is 4.12. The fourth-order valence-corrected chi connectivity index (χ4v) is 4.80. The number of hydrogen-bond acceptors (Lipinski definition) is 6. The molecule has 0 saturated carbocycles. The van der Waals surface area contributed by atoms with Crippen molar-refractivity contribution in [1.29, 1.82) is 0 Å². The Morgan fingerprint density at radius 3 is 2.14 bits per heavy atom. The van der Waals surface area contributed by atoms with Crippen molar-refractivity contribution in [1.82, 2.24) is 19.9 Å². The first kappa shape index (κ1) is 24.0. The van der Waals surface area contributed by atoms with Crippen LogP contribution in [0, 0.1) is 5.92 Å². The van der Waals surface area contributed by atoms with Gasteiger partial charge in [0.05, 0.1) is 11.3 Å². The summed E-state index contributed by atoms with van der Waals surface area (Å²) in [5.41, 5.74) is 1.15. The van der Waals surface area contributed by atoms with Crippen LogP contribution >= 0.6 is 0 Å². The number of halogens is 3. The molecule has 2 aliphatic heterocycles. The average molecular weight is 497 g/mol. The zero-order chi connectivity index (χ0) is 25.1. The summed E-state index contributed by atoms with van der Waals surface area (Å²) in [5, 5.41) is 0. The van der Waals surface area contributed by atoms with Crippen molar-refractivity contribution in [2.45, 2.75) is 19.0 Å². The Morgan fingerprint density at radius 2 is 1.50 bits per heavy atom. The molecular weight excluding hydrogens is 469 g/mol. The van der Waals surface area contributed by atoms with Crippen LogP contribution in [0.15, 0.2) is 61.1 Å². The molecule has 0 radical (unpaired) electrons. The Balaban J connectivity index is 1.13. The first-order valence-electron chi connectivity index (χ1n) is 12.1. The van der Waals surface area contributed by atoms with E-state index in [4.69, 9.17) is 0 Å². The van der Waals surface area contributed by atoms with Crippen LogP contribution < -0.4 is 9.80 Å². The number of benzene rings is 1. The molecule has 2 saturated heterocycles. The minimum absolute atomic E-state index is 0.0348. The maximum absolute atomic E-state index is 13.2. The highest BCUT2D eigenvalue weighted by atomic mass is 19.4. The van der Waals surface area contributed by atoms with Crippen molar-refractivity contribution in [3.8, 4) is 11.3 Å². The Hall–Kier alpha value is -3.69. The molecule has 5 rings (SSSR count). The zero-order valence-corrected chi connectivity index (χ0v) is 19.7. The van der Waals surface area contributed by atoms with E-state index >= 15 is 0 Å². The summed E-state index contributed by atoms with van der Waals surface area (Å²) in [6.45, 7) is 3.66. The van der Waals surface area contributed by atoms with Gasteiger partial charge >= 0.3 is 6.18 Å². The molecule has 1 aromatic carbocycles. The first-order chi connectivity index (χ1) is 17.4. The predicted molar refractivity (Wildman–Crippen MR) is 130 cm³/mol. The maximum atomic E-state index is 13.2. The van der Waals surface area contributed by atoms with Gasteiger partial charge in [-0.2, -0.15) is 13.2 Å². The van der Waals surface area contributed by atoms with Gasteiger partial charge in [0.1, 0.15) is 18.0 Å². The summed E-state index contributed by atoms with van der Waals surface area (Å²) in [6.07, 6.45) is -0.445. The van der Waals surface area contributed by atoms with Crippen molar-refractivity contribution in [3.05, 3.63) is 66.6 Å². The minimum atomic E-state index is -4.40. The van der Waals surface area contributed by atoms with Crippen LogP contribution in [0.1, 0.15) is 18.4 Å². The quantitative estimate of drug-likeness (QED) is 0.542. The molecule has 188 valence electrons. The van der Waals surface area contributed by atoms with E-state index < -0.39 is 11.7 Å². The molecular formula is C26H27F3N6O. The number of anilines is 2. The van der Waals surface area contributed by atoms with Crippen molar-refractivity contribution >= 4 is 17.5 Å². The van der Waals surface area contributed by atoms with Crippen LogP contribution in [0.3, 0.4) is 0 Å². The van der Waals surface area contributed by atoms with E-state index in [-0.39, 0.29) is 11.8 Å². The molecule has 36 heavy (non-hydrogen) atoms. The number of piperazine rings is 1. The molecule has 2 fully saturated rings. The Kier molecular flexibility index (Phi) is 6.75. The number of pyridine rings is 1. The lowest BCUT2D eigenvalue weighted by atomic mass is 9.95. The summed E-state index contributed by atoms with van der Waals surface area (Å²) in [5.74, 6) is 1.49. The van der Waals surface area contributed by atoms with Crippen LogP contribution in [0.5, 0.6) is 0 Å². The van der Waals surface area contributed by atoms with Gasteiger partial charge in [0.15, 0.2) is 0 Å². The number of carbonyl (C=O) groups excluding carboxylic acids is 1. The molecule has 0 spiro atoms. The summed E-state index contributed by atoms with van der Waals surface area (Å²) < 4.78 is 38.3. The Morgan fingerprint density at radius 1 is 0.806 bits per heavy atom. The molecule has 7 nitrogen and oxygen atoms in total. The van der Waals surface area contributed by atoms with Gasteiger partial charge in [0.25, 0.3) is 0 Å². The van der Waals surface area contributed by atoms with Gasteiger partial charge < -0.3 is 14.7 Å². The van der Waals surface area contributed by atoms with Crippen LogP contribution in [0.2, 0.25) is 0 Å². The molecule has 10 heteroatoms. The second-order valence-electron chi connectivity index (χ2n) is 9.10. The van der Waals surface area contributed by atoms with Gasteiger partial charge in [0, 0.05) is 63.0 Å². The van der Waals surface area contributed by atoms with Gasteiger partial charge in [-0.25, -0.2) is 15.0 Å². The van der Waals surface area contributed by atoms with Crippen LogP contribution in [0.4, 0.5) is 24.8 Å². The largest absolute Gasteiger partial charge is 0.417 e. The van der Waals surface area contributed by atoms with Gasteiger partial charge in [-0.1, -0.05) is 30.3 Å². The number of nitrogens with zero attached hydrogens (tertiary/aromatic N) is 6. The third-order valence-electron chi connectivity index (χ3n) is 6.88. The highest BCUT2D eigenvalue weighted by Gasteiger charge is 2.33. The number of aromatic nitrogens is 3. The second-order valence-corrected chi connectivity index (χ2v) is 9.10. The molecule has 0 bridgehead atoms. The number of carbonyl (C=O) groups is 1. The molecule has 0 unspecified atom stereocenters. The number of alkyl halides is 3. The summed E-state index contributed by atoms with van der Waals surface area (Å²) in [7, 11) is 0. The van der Waals surface area contributed by atoms with Crippen LogP contribution in [0.25, 0.3) is 11.3 Å². The Labute approximate surface area is 207 Å².